The van der Waals surface area contributed by atoms with E-state index in [2.05, 4.69) is 24.6 Å². The Morgan fingerprint density at radius 2 is 1.62 bits per heavy atom. The summed E-state index contributed by atoms with van der Waals surface area (Å²) in [7, 11) is 2.07. The van der Waals surface area contributed by atoms with E-state index in [1.807, 2.05) is 0 Å². The molecule has 0 unspecified atom stereocenters. The van der Waals surface area contributed by atoms with Gasteiger partial charge < -0.3 is 4.90 Å². The Morgan fingerprint density at radius 1 is 1.12 bits per heavy atom. The van der Waals surface area contributed by atoms with E-state index in [9.17, 15) is 0 Å². The third-order valence-electron chi connectivity index (χ3n) is 5.18. The molecule has 0 amide bonds. The molecule has 0 N–H and O–H groups in total. The number of hydrogen-bond donors (Lipinski definition) is 0. The lowest BCUT2D eigenvalue weighted by Gasteiger charge is -2.56. The first-order chi connectivity index (χ1) is 7.69. The summed E-state index contributed by atoms with van der Waals surface area (Å²) < 4.78 is 0. The highest BCUT2D eigenvalue weighted by molar-refractivity contribution is 5.17. The Bertz CT molecular complexity index is 324. The fourth-order valence-corrected chi connectivity index (χ4v) is 4.79. The minimum atomic E-state index is 0.611. The molecule has 4 aliphatic carbocycles. The van der Waals surface area contributed by atoms with Crippen molar-refractivity contribution in [2.24, 2.45) is 23.7 Å². The Kier molecular flexibility index (Phi) is 2.24. The maximum absolute atomic E-state index is 8.97. The van der Waals surface area contributed by atoms with Crippen LogP contribution in [0.15, 0.2) is 12.3 Å². The maximum Gasteiger partial charge on any atom is 0.116 e. The van der Waals surface area contributed by atoms with E-state index < -0.39 is 0 Å². The van der Waals surface area contributed by atoms with E-state index in [4.69, 9.17) is 5.26 Å². The zero-order valence-corrected chi connectivity index (χ0v) is 10.0. The van der Waals surface area contributed by atoms with Crippen molar-refractivity contribution in [3.63, 3.8) is 0 Å². The summed E-state index contributed by atoms with van der Waals surface area (Å²) in [6.07, 6.45) is 7.10. The molecule has 0 aromatic rings. The highest BCUT2D eigenvalue weighted by atomic mass is 15.2. The number of allylic oxidation sites excluding steroid dienone is 1. The van der Waals surface area contributed by atoms with Crippen LogP contribution in [-0.2, 0) is 0 Å². The van der Waals surface area contributed by atoms with Crippen molar-refractivity contribution >= 4 is 0 Å². The predicted molar refractivity (Wildman–Crippen MR) is 63.3 cm³/mol. The van der Waals surface area contributed by atoms with Crippen molar-refractivity contribution in [3.8, 4) is 6.07 Å². The van der Waals surface area contributed by atoms with Gasteiger partial charge in [0, 0.05) is 13.1 Å². The van der Waals surface area contributed by atoms with Crippen LogP contribution in [0.3, 0.4) is 0 Å². The van der Waals surface area contributed by atoms with Gasteiger partial charge in [-0.05, 0) is 55.8 Å². The van der Waals surface area contributed by atoms with Crippen molar-refractivity contribution in [2.75, 3.05) is 7.05 Å². The molecule has 0 heterocycles. The number of hydrogen-bond acceptors (Lipinski definition) is 2. The van der Waals surface area contributed by atoms with Gasteiger partial charge in [-0.25, -0.2) is 0 Å². The number of nitrogens with zero attached hydrogens (tertiary/aromatic N) is 2. The molecule has 0 spiro atoms. The Hall–Kier alpha value is -0.970. The van der Waals surface area contributed by atoms with E-state index in [1.54, 1.807) is 0 Å². The summed E-state index contributed by atoms with van der Waals surface area (Å²) in [5.74, 6) is 3.68. The molecular weight excluding hydrogens is 196 g/mol. The average molecular weight is 216 g/mol. The molecule has 2 heteroatoms. The Morgan fingerprint density at radius 3 is 2.06 bits per heavy atom. The molecule has 4 saturated carbocycles. The smallest absolute Gasteiger partial charge is 0.116 e. The van der Waals surface area contributed by atoms with Crippen LogP contribution < -0.4 is 0 Å². The molecule has 0 aromatic carbocycles. The lowest BCUT2D eigenvalue weighted by molar-refractivity contribution is -0.0463. The minimum Gasteiger partial charge on any atom is -0.363 e. The van der Waals surface area contributed by atoms with Crippen LogP contribution in [0.1, 0.15) is 32.1 Å². The lowest BCUT2D eigenvalue weighted by Crippen LogP contribution is -2.54. The Balaban J connectivity index is 1.82. The van der Waals surface area contributed by atoms with Gasteiger partial charge in [0.25, 0.3) is 0 Å². The van der Waals surface area contributed by atoms with Crippen LogP contribution in [0.25, 0.3) is 0 Å². The Labute approximate surface area is 97.9 Å². The molecule has 0 saturated heterocycles. The fraction of sp³-hybridized carbons (Fsp3) is 0.786. The van der Waals surface area contributed by atoms with E-state index in [-0.39, 0.29) is 0 Å². The van der Waals surface area contributed by atoms with Crippen LogP contribution in [0.4, 0.5) is 0 Å². The highest BCUT2D eigenvalue weighted by Crippen LogP contribution is 2.55. The first kappa shape index (κ1) is 10.2. The second kappa shape index (κ2) is 3.52. The van der Waals surface area contributed by atoms with Gasteiger partial charge in [-0.15, -0.1) is 0 Å². The van der Waals surface area contributed by atoms with Crippen molar-refractivity contribution < 1.29 is 0 Å². The summed E-state index contributed by atoms with van der Waals surface area (Å²) in [5, 5.41) is 8.97. The molecule has 4 rings (SSSR count). The van der Waals surface area contributed by atoms with Crippen LogP contribution in [-0.4, -0.2) is 18.0 Å². The van der Waals surface area contributed by atoms with E-state index >= 15 is 0 Å². The van der Waals surface area contributed by atoms with Gasteiger partial charge in [0.1, 0.15) is 11.8 Å². The van der Waals surface area contributed by atoms with Crippen molar-refractivity contribution in [2.45, 2.75) is 38.1 Å². The maximum atomic E-state index is 8.97. The quantitative estimate of drug-likeness (QED) is 0.664. The van der Waals surface area contributed by atoms with Gasteiger partial charge >= 0.3 is 0 Å². The second-order valence-electron chi connectivity index (χ2n) is 6.09. The van der Waals surface area contributed by atoms with E-state index in [0.717, 1.165) is 23.7 Å². The van der Waals surface area contributed by atoms with Gasteiger partial charge in [-0.3, -0.25) is 0 Å². The van der Waals surface area contributed by atoms with Crippen LogP contribution in [0.2, 0.25) is 0 Å². The van der Waals surface area contributed by atoms with E-state index in [1.165, 1.54) is 32.1 Å². The van der Waals surface area contributed by atoms with Gasteiger partial charge in [0.05, 0.1) is 0 Å². The largest absolute Gasteiger partial charge is 0.363 e. The van der Waals surface area contributed by atoms with Crippen LogP contribution >= 0.6 is 0 Å². The molecule has 0 aliphatic heterocycles. The molecule has 0 radical (unpaired) electrons. The summed E-state index contributed by atoms with van der Waals surface area (Å²) in [4.78, 5) is 2.17. The molecule has 4 aliphatic rings. The minimum absolute atomic E-state index is 0.611. The first-order valence-corrected chi connectivity index (χ1v) is 6.51. The molecule has 0 aromatic heterocycles. The van der Waals surface area contributed by atoms with Crippen molar-refractivity contribution in [1.29, 1.82) is 5.26 Å². The topological polar surface area (TPSA) is 27.0 Å². The standard InChI is InChI=1S/C14H20N2/c1-9(8-15)16(2)14-12-4-10-3-11(6-12)7-13(14)5-10/h10-14H,1,3-7H2,2H3. The molecule has 86 valence electrons. The molecular formula is C14H20N2. The van der Waals surface area contributed by atoms with Crippen LogP contribution in [0.5, 0.6) is 0 Å². The lowest BCUT2D eigenvalue weighted by atomic mass is 9.54. The summed E-state index contributed by atoms with van der Waals surface area (Å²) >= 11 is 0. The molecule has 2 nitrogen and oxygen atoms in total. The van der Waals surface area contributed by atoms with Gasteiger partial charge in [-0.1, -0.05) is 6.58 Å². The predicted octanol–water partition coefficient (Wildman–Crippen LogP) is 2.78. The fourth-order valence-electron chi connectivity index (χ4n) is 4.79. The monoisotopic (exact) mass is 216 g/mol. The molecule has 4 bridgehead atoms. The van der Waals surface area contributed by atoms with Crippen molar-refractivity contribution in [3.05, 3.63) is 12.3 Å². The van der Waals surface area contributed by atoms with E-state index in [0.29, 0.717) is 11.7 Å². The normalized spacial score (nSPS) is 44.1. The summed E-state index contributed by atoms with van der Waals surface area (Å²) in [6.45, 7) is 3.87. The van der Waals surface area contributed by atoms with Crippen LogP contribution in [0, 0.1) is 35.0 Å². The molecule has 16 heavy (non-hydrogen) atoms. The number of rotatable bonds is 2. The zero-order valence-electron chi connectivity index (χ0n) is 10.0. The van der Waals surface area contributed by atoms with Gasteiger partial charge in [0.15, 0.2) is 0 Å². The number of nitriles is 1. The highest BCUT2D eigenvalue weighted by Gasteiger charge is 2.49. The first-order valence-electron chi connectivity index (χ1n) is 6.51. The molecule has 0 atom stereocenters. The van der Waals surface area contributed by atoms with Gasteiger partial charge in [-0.2, -0.15) is 5.26 Å². The third-order valence-corrected chi connectivity index (χ3v) is 5.18. The summed E-state index contributed by atoms with van der Waals surface area (Å²) in [5.41, 5.74) is 0.650. The SMILES string of the molecule is C=C(C#N)N(C)C1C2CC3CC(C2)CC1C3. The zero-order chi connectivity index (χ0) is 11.3. The van der Waals surface area contributed by atoms with Crippen molar-refractivity contribution in [1.82, 2.24) is 4.90 Å². The molecule has 4 fully saturated rings. The third kappa shape index (κ3) is 1.38. The van der Waals surface area contributed by atoms with Gasteiger partial charge in [0.2, 0.25) is 0 Å². The second-order valence-corrected chi connectivity index (χ2v) is 6.09. The summed E-state index contributed by atoms with van der Waals surface area (Å²) in [6, 6.07) is 2.82. The average Bonchev–Trinajstić information content (AvgIpc) is 2.26.